The zero-order valence-electron chi connectivity index (χ0n) is 9.31. The van der Waals surface area contributed by atoms with E-state index in [1.54, 1.807) is 0 Å². The highest BCUT2D eigenvalue weighted by molar-refractivity contribution is 5.75. The second kappa shape index (κ2) is 8.09. The molecule has 1 aliphatic rings. The molecule has 1 heterocycles. The normalized spacial score (nSPS) is 16.1. The molecule has 0 spiro atoms. The van der Waals surface area contributed by atoms with Gasteiger partial charge in [-0.3, -0.25) is 4.79 Å². The van der Waals surface area contributed by atoms with Crippen molar-refractivity contribution in [2.75, 3.05) is 13.1 Å². The van der Waals surface area contributed by atoms with E-state index in [1.165, 1.54) is 25.7 Å². The number of likely N-dealkylation sites (tertiary alicyclic amines) is 1. The van der Waals surface area contributed by atoms with Crippen LogP contribution in [0.3, 0.4) is 0 Å². The fraction of sp³-hybridized carbons (Fsp3) is 0.909. The van der Waals surface area contributed by atoms with Crippen LogP contribution in [-0.2, 0) is 4.79 Å². The Labute approximate surface area is 82.3 Å². The monoisotopic (exact) mass is 185 g/mol. The Balaban J connectivity index is 0.000000424. The molecule has 0 atom stereocenters. The Bertz CT molecular complexity index is 128. The molecule has 0 aromatic heterocycles. The molecule has 0 bridgehead atoms. The van der Waals surface area contributed by atoms with Crippen LogP contribution in [0, 0.1) is 0 Å². The first-order valence-electron chi connectivity index (χ1n) is 5.54. The van der Waals surface area contributed by atoms with E-state index in [0.29, 0.717) is 12.3 Å². The van der Waals surface area contributed by atoms with Crippen LogP contribution < -0.4 is 0 Å². The van der Waals surface area contributed by atoms with Gasteiger partial charge in [0.05, 0.1) is 0 Å². The van der Waals surface area contributed by atoms with Crippen LogP contribution in [0.1, 0.15) is 52.9 Å². The number of hydrogen-bond donors (Lipinski definition) is 0. The second-order valence-corrected chi connectivity index (χ2v) is 3.50. The van der Waals surface area contributed by atoms with E-state index in [4.69, 9.17) is 0 Å². The van der Waals surface area contributed by atoms with E-state index in [-0.39, 0.29) is 0 Å². The molecule has 2 heteroatoms. The van der Waals surface area contributed by atoms with Crippen LogP contribution in [0.5, 0.6) is 0 Å². The summed E-state index contributed by atoms with van der Waals surface area (Å²) < 4.78 is 0. The lowest BCUT2D eigenvalue weighted by atomic mass is 10.1. The van der Waals surface area contributed by atoms with Gasteiger partial charge in [0, 0.05) is 19.5 Å². The van der Waals surface area contributed by atoms with Crippen LogP contribution in [0.4, 0.5) is 0 Å². The SMILES string of the molecule is CCC.CCC(=O)N1CCCCC1. The maximum Gasteiger partial charge on any atom is 0.222 e. The minimum absolute atomic E-state index is 0.319. The van der Waals surface area contributed by atoms with Gasteiger partial charge in [-0.15, -0.1) is 0 Å². The fourth-order valence-corrected chi connectivity index (χ4v) is 1.37. The quantitative estimate of drug-likeness (QED) is 0.615. The van der Waals surface area contributed by atoms with E-state index in [2.05, 4.69) is 13.8 Å². The third kappa shape index (κ3) is 5.67. The minimum atomic E-state index is 0.319. The Morgan fingerprint density at radius 2 is 1.54 bits per heavy atom. The highest BCUT2D eigenvalue weighted by Gasteiger charge is 2.13. The predicted octanol–water partition coefficient (Wildman–Crippen LogP) is 2.83. The summed E-state index contributed by atoms with van der Waals surface area (Å²) in [5, 5.41) is 0. The van der Waals surface area contributed by atoms with Gasteiger partial charge in [-0.1, -0.05) is 27.2 Å². The van der Waals surface area contributed by atoms with E-state index >= 15 is 0 Å². The molecule has 0 aromatic rings. The Kier molecular flexibility index (Phi) is 7.76. The molecule has 1 fully saturated rings. The lowest BCUT2D eigenvalue weighted by molar-refractivity contribution is -0.131. The summed E-state index contributed by atoms with van der Waals surface area (Å²) in [5.74, 6) is 0.319. The summed E-state index contributed by atoms with van der Waals surface area (Å²) in [6, 6.07) is 0. The smallest absolute Gasteiger partial charge is 0.222 e. The number of piperidine rings is 1. The maximum atomic E-state index is 11.1. The molecule has 1 amide bonds. The molecular weight excluding hydrogens is 162 g/mol. The minimum Gasteiger partial charge on any atom is -0.343 e. The van der Waals surface area contributed by atoms with Gasteiger partial charge in [-0.25, -0.2) is 0 Å². The summed E-state index contributed by atoms with van der Waals surface area (Å²) >= 11 is 0. The highest BCUT2D eigenvalue weighted by Crippen LogP contribution is 2.09. The molecule has 78 valence electrons. The maximum absolute atomic E-state index is 11.1. The van der Waals surface area contributed by atoms with Crippen LogP contribution in [0.2, 0.25) is 0 Å². The third-order valence-electron chi connectivity index (χ3n) is 2.01. The van der Waals surface area contributed by atoms with E-state index in [0.717, 1.165) is 13.1 Å². The van der Waals surface area contributed by atoms with Crippen molar-refractivity contribution in [2.24, 2.45) is 0 Å². The van der Waals surface area contributed by atoms with Crippen molar-refractivity contribution in [2.45, 2.75) is 52.9 Å². The van der Waals surface area contributed by atoms with Gasteiger partial charge in [-0.05, 0) is 19.3 Å². The number of carbonyl (C=O) groups is 1. The fourth-order valence-electron chi connectivity index (χ4n) is 1.37. The molecule has 0 radical (unpaired) electrons. The first-order chi connectivity index (χ1) is 6.26. The standard InChI is InChI=1S/C8H15NO.C3H8/c1-2-8(10)9-6-4-3-5-7-9;1-3-2/h2-7H2,1H3;3H2,1-2H3. The van der Waals surface area contributed by atoms with Crippen molar-refractivity contribution in [3.8, 4) is 0 Å². The number of nitrogens with zero attached hydrogens (tertiary/aromatic N) is 1. The van der Waals surface area contributed by atoms with E-state index in [9.17, 15) is 4.79 Å². The molecule has 2 nitrogen and oxygen atoms in total. The first kappa shape index (κ1) is 12.5. The summed E-state index contributed by atoms with van der Waals surface area (Å²) in [6.07, 6.45) is 5.62. The van der Waals surface area contributed by atoms with Crippen molar-refractivity contribution in [1.29, 1.82) is 0 Å². The summed E-state index contributed by atoms with van der Waals surface area (Å²) in [6.45, 7) is 8.16. The van der Waals surface area contributed by atoms with E-state index < -0.39 is 0 Å². The van der Waals surface area contributed by atoms with Crippen LogP contribution in [0.15, 0.2) is 0 Å². The summed E-state index contributed by atoms with van der Waals surface area (Å²) in [4.78, 5) is 13.1. The Morgan fingerprint density at radius 1 is 1.08 bits per heavy atom. The van der Waals surface area contributed by atoms with Gasteiger partial charge >= 0.3 is 0 Å². The van der Waals surface area contributed by atoms with Gasteiger partial charge < -0.3 is 4.90 Å². The van der Waals surface area contributed by atoms with Crippen LogP contribution in [0.25, 0.3) is 0 Å². The largest absolute Gasteiger partial charge is 0.343 e. The number of carbonyl (C=O) groups excluding carboxylic acids is 1. The van der Waals surface area contributed by atoms with Crippen molar-refractivity contribution >= 4 is 5.91 Å². The van der Waals surface area contributed by atoms with Crippen molar-refractivity contribution in [1.82, 2.24) is 4.90 Å². The summed E-state index contributed by atoms with van der Waals surface area (Å²) in [5.41, 5.74) is 0. The molecule has 0 N–H and O–H groups in total. The number of amides is 1. The third-order valence-corrected chi connectivity index (χ3v) is 2.01. The van der Waals surface area contributed by atoms with Gasteiger partial charge in [0.15, 0.2) is 0 Å². The molecular formula is C11H23NO. The zero-order valence-corrected chi connectivity index (χ0v) is 9.31. The van der Waals surface area contributed by atoms with Gasteiger partial charge in [0.25, 0.3) is 0 Å². The predicted molar refractivity (Wildman–Crippen MR) is 56.7 cm³/mol. The average Bonchev–Trinajstić information content (AvgIpc) is 2.19. The topological polar surface area (TPSA) is 20.3 Å². The van der Waals surface area contributed by atoms with Gasteiger partial charge in [-0.2, -0.15) is 0 Å². The molecule has 0 saturated carbocycles. The Hall–Kier alpha value is -0.530. The van der Waals surface area contributed by atoms with Crippen molar-refractivity contribution in [3.63, 3.8) is 0 Å². The Morgan fingerprint density at radius 3 is 1.92 bits per heavy atom. The number of hydrogen-bond acceptors (Lipinski definition) is 1. The van der Waals surface area contributed by atoms with E-state index in [1.807, 2.05) is 11.8 Å². The lowest BCUT2D eigenvalue weighted by Gasteiger charge is -2.26. The molecule has 1 saturated heterocycles. The van der Waals surface area contributed by atoms with Crippen molar-refractivity contribution < 1.29 is 4.79 Å². The van der Waals surface area contributed by atoms with Crippen LogP contribution >= 0.6 is 0 Å². The molecule has 0 unspecified atom stereocenters. The first-order valence-corrected chi connectivity index (χ1v) is 5.54. The van der Waals surface area contributed by atoms with Gasteiger partial charge in [0.1, 0.15) is 0 Å². The van der Waals surface area contributed by atoms with Crippen molar-refractivity contribution in [3.05, 3.63) is 0 Å². The van der Waals surface area contributed by atoms with Crippen LogP contribution in [-0.4, -0.2) is 23.9 Å². The lowest BCUT2D eigenvalue weighted by Crippen LogP contribution is -2.34. The molecule has 0 aliphatic carbocycles. The molecule has 0 aromatic carbocycles. The summed E-state index contributed by atoms with van der Waals surface area (Å²) in [7, 11) is 0. The molecule has 1 aliphatic heterocycles. The number of rotatable bonds is 1. The zero-order chi connectivity index (χ0) is 10.1. The molecule has 13 heavy (non-hydrogen) atoms. The second-order valence-electron chi connectivity index (χ2n) is 3.50. The molecule has 1 rings (SSSR count). The van der Waals surface area contributed by atoms with Gasteiger partial charge in [0.2, 0.25) is 5.91 Å². The highest BCUT2D eigenvalue weighted by atomic mass is 16.2. The average molecular weight is 185 g/mol.